The Labute approximate surface area is 406 Å². The SMILES string of the molecule is CC1(COCc2ccccc2)OC(C)(CC(=O)CC[C@]2(C)O[C@]3(C)COC(c4ccccc4)OC3CC2O[Si](C)(C)C(C)(C)C)C(OCc2ccc3ccccc3c2)CC1OCc1ccccc1. The van der Waals surface area contributed by atoms with E-state index >= 15 is 0 Å². The summed E-state index contributed by atoms with van der Waals surface area (Å²) in [4.78, 5) is 14.8. The first kappa shape index (κ1) is 50.3. The topological polar surface area (TPSA) is 90.9 Å². The normalized spacial score (nSPS) is 29.9. The number of ketones is 1. The van der Waals surface area contributed by atoms with Crippen LogP contribution in [0.5, 0.6) is 0 Å². The zero-order valence-electron chi connectivity index (χ0n) is 41.8. The second-order valence-corrected chi connectivity index (χ2v) is 26.7. The number of hydrogen-bond donors (Lipinski definition) is 0. The van der Waals surface area contributed by atoms with Gasteiger partial charge in [-0.25, -0.2) is 0 Å². The fraction of sp³-hybridized carbons (Fsp3) is 0.500. The number of rotatable bonds is 18. The summed E-state index contributed by atoms with van der Waals surface area (Å²) < 4.78 is 55.2. The molecular formula is C58H74O9Si. The van der Waals surface area contributed by atoms with Crippen LogP contribution in [0.3, 0.4) is 0 Å². The van der Waals surface area contributed by atoms with E-state index in [1.54, 1.807) is 0 Å². The Morgan fingerprint density at radius 2 is 1.24 bits per heavy atom. The van der Waals surface area contributed by atoms with Crippen LogP contribution in [-0.2, 0) is 62.2 Å². The summed E-state index contributed by atoms with van der Waals surface area (Å²) in [6.07, 6.45) is 0.00626. The maximum Gasteiger partial charge on any atom is 0.192 e. The van der Waals surface area contributed by atoms with Crippen LogP contribution < -0.4 is 0 Å². The number of ether oxygens (including phenoxy) is 7. The monoisotopic (exact) mass is 943 g/mol. The number of Topliss-reactive ketones (excluding diaryl/α,β-unsaturated/α-hetero) is 1. The highest BCUT2D eigenvalue weighted by atomic mass is 28.4. The van der Waals surface area contributed by atoms with E-state index < -0.39 is 49.2 Å². The molecule has 7 unspecified atom stereocenters. The summed E-state index contributed by atoms with van der Waals surface area (Å²) in [6.45, 7) is 21.4. The van der Waals surface area contributed by atoms with Crippen LogP contribution in [0.4, 0.5) is 0 Å². The molecule has 3 aliphatic rings. The molecule has 5 aromatic rings. The van der Waals surface area contributed by atoms with Crippen molar-refractivity contribution in [3.63, 3.8) is 0 Å². The van der Waals surface area contributed by atoms with Crippen molar-refractivity contribution in [1.29, 1.82) is 0 Å². The first-order valence-electron chi connectivity index (χ1n) is 24.6. The van der Waals surface area contributed by atoms with Gasteiger partial charge in [0.05, 0.1) is 68.7 Å². The largest absolute Gasteiger partial charge is 0.411 e. The molecule has 3 aliphatic heterocycles. The third-order valence-corrected chi connectivity index (χ3v) is 19.6. The van der Waals surface area contributed by atoms with Gasteiger partial charge < -0.3 is 37.6 Å². The number of hydrogen-bond acceptors (Lipinski definition) is 9. The average Bonchev–Trinajstić information content (AvgIpc) is 3.31. The van der Waals surface area contributed by atoms with Crippen molar-refractivity contribution in [1.82, 2.24) is 0 Å². The summed E-state index contributed by atoms with van der Waals surface area (Å²) in [5, 5.41) is 2.28. The summed E-state index contributed by atoms with van der Waals surface area (Å²) in [6, 6.07) is 45.2. The second-order valence-electron chi connectivity index (χ2n) is 21.9. The third-order valence-electron chi connectivity index (χ3n) is 15.1. The van der Waals surface area contributed by atoms with E-state index in [9.17, 15) is 4.79 Å². The molecule has 0 bridgehead atoms. The van der Waals surface area contributed by atoms with Gasteiger partial charge in [-0.2, -0.15) is 0 Å². The third kappa shape index (κ3) is 11.7. The quantitative estimate of drug-likeness (QED) is 0.0797. The molecule has 3 heterocycles. The molecule has 0 N–H and O–H groups in total. The molecule has 9 nitrogen and oxygen atoms in total. The van der Waals surface area contributed by atoms with E-state index in [0.29, 0.717) is 45.7 Å². The Balaban J connectivity index is 1.04. The maximum absolute atomic E-state index is 14.8. The van der Waals surface area contributed by atoms with Crippen LogP contribution in [0.15, 0.2) is 133 Å². The Kier molecular flexibility index (Phi) is 15.3. The molecule has 0 saturated carbocycles. The average molecular weight is 943 g/mol. The Morgan fingerprint density at radius 1 is 0.647 bits per heavy atom. The number of carbonyl (C=O) groups is 1. The molecule has 0 aromatic heterocycles. The molecule has 10 heteroatoms. The smallest absolute Gasteiger partial charge is 0.192 e. The van der Waals surface area contributed by atoms with Crippen LogP contribution in [0.25, 0.3) is 10.8 Å². The van der Waals surface area contributed by atoms with Gasteiger partial charge in [-0.3, -0.25) is 4.79 Å². The summed E-state index contributed by atoms with van der Waals surface area (Å²) >= 11 is 0. The van der Waals surface area contributed by atoms with Crippen molar-refractivity contribution >= 4 is 24.9 Å². The van der Waals surface area contributed by atoms with Crippen LogP contribution >= 0.6 is 0 Å². The molecule has 0 aliphatic carbocycles. The van der Waals surface area contributed by atoms with Crippen molar-refractivity contribution in [3.05, 3.63) is 156 Å². The highest BCUT2D eigenvalue weighted by Crippen LogP contribution is 2.49. The predicted molar refractivity (Wildman–Crippen MR) is 270 cm³/mol. The van der Waals surface area contributed by atoms with Crippen molar-refractivity contribution < 1.29 is 42.4 Å². The minimum atomic E-state index is -2.30. The van der Waals surface area contributed by atoms with Crippen LogP contribution in [0, 0.1) is 0 Å². The lowest BCUT2D eigenvalue weighted by Gasteiger charge is -2.57. The summed E-state index contributed by atoms with van der Waals surface area (Å²) in [5.41, 5.74) is 0.670. The Morgan fingerprint density at radius 3 is 1.90 bits per heavy atom. The molecule has 3 fully saturated rings. The van der Waals surface area contributed by atoms with Gasteiger partial charge in [-0.1, -0.05) is 148 Å². The summed E-state index contributed by atoms with van der Waals surface area (Å²) in [7, 11) is -2.30. The van der Waals surface area contributed by atoms with Gasteiger partial charge >= 0.3 is 0 Å². The lowest BCUT2D eigenvalue weighted by molar-refractivity contribution is -0.355. The van der Waals surface area contributed by atoms with Crippen molar-refractivity contribution in [3.8, 4) is 0 Å². The molecule has 0 spiro atoms. The Bertz CT molecular complexity index is 2430. The van der Waals surface area contributed by atoms with Gasteiger partial charge in [0, 0.05) is 31.2 Å². The van der Waals surface area contributed by atoms with E-state index in [0.717, 1.165) is 27.6 Å². The molecule has 0 amide bonds. The zero-order valence-corrected chi connectivity index (χ0v) is 42.8. The van der Waals surface area contributed by atoms with Gasteiger partial charge in [-0.15, -0.1) is 0 Å². The van der Waals surface area contributed by atoms with Crippen LogP contribution in [0.1, 0.15) is 109 Å². The van der Waals surface area contributed by atoms with Crippen molar-refractivity contribution in [2.45, 2.75) is 172 Å². The maximum atomic E-state index is 14.8. The van der Waals surface area contributed by atoms with E-state index in [-0.39, 0.29) is 42.5 Å². The van der Waals surface area contributed by atoms with E-state index in [4.69, 9.17) is 37.6 Å². The molecule has 9 atom stereocenters. The van der Waals surface area contributed by atoms with E-state index in [2.05, 4.69) is 121 Å². The lowest BCUT2D eigenvalue weighted by Crippen LogP contribution is -2.67. The number of fused-ring (bicyclic) bond motifs is 2. The second kappa shape index (κ2) is 20.7. The minimum Gasteiger partial charge on any atom is -0.411 e. The molecule has 0 radical (unpaired) electrons. The van der Waals surface area contributed by atoms with E-state index in [1.165, 1.54) is 5.39 Å². The predicted octanol–water partition coefficient (Wildman–Crippen LogP) is 12.6. The van der Waals surface area contributed by atoms with Gasteiger partial charge in [0.2, 0.25) is 0 Å². The van der Waals surface area contributed by atoms with Gasteiger partial charge in [0.15, 0.2) is 14.6 Å². The lowest BCUT2D eigenvalue weighted by atomic mass is 9.77. The number of carbonyl (C=O) groups excluding carboxylic acids is 1. The highest BCUT2D eigenvalue weighted by molar-refractivity contribution is 6.74. The molecule has 364 valence electrons. The first-order chi connectivity index (χ1) is 32.4. The minimum absolute atomic E-state index is 0.0392. The molecule has 68 heavy (non-hydrogen) atoms. The fourth-order valence-electron chi connectivity index (χ4n) is 10.0. The molecule has 3 saturated heterocycles. The molecule has 5 aromatic carbocycles. The van der Waals surface area contributed by atoms with Gasteiger partial charge in [0.1, 0.15) is 17.0 Å². The van der Waals surface area contributed by atoms with Crippen molar-refractivity contribution in [2.24, 2.45) is 0 Å². The standard InChI is InChI=1S/C58H74O9Si/c1-54(2,3)68(8,9)65-52-35-51-58(7,41-63-53(64-51)46-26-17-12-18-27-46)66-55(52,4)32-31-48(59)36-56(5)49(62-39-44-29-30-45-25-19-20-28-47(45)33-44)34-50(61-38-43-23-15-11-16-24-43)57(6,67-56)40-60-37-42-21-13-10-14-22-42/h10-30,33,49-53H,31-32,34-41H2,1-9H3/t49?,50?,51?,52?,53?,55-,56?,57?,58+/m0/s1. The van der Waals surface area contributed by atoms with Crippen LogP contribution in [-0.4, -0.2) is 74.1 Å². The fourth-order valence-corrected chi connectivity index (χ4v) is 11.4. The zero-order chi connectivity index (χ0) is 48.2. The molecule has 8 rings (SSSR count). The van der Waals surface area contributed by atoms with E-state index in [1.807, 2.05) is 73.7 Å². The first-order valence-corrected chi connectivity index (χ1v) is 27.5. The van der Waals surface area contributed by atoms with Crippen molar-refractivity contribution in [2.75, 3.05) is 13.2 Å². The molecular weight excluding hydrogens is 869 g/mol. The highest BCUT2D eigenvalue weighted by Gasteiger charge is 2.58. The van der Waals surface area contributed by atoms with Gasteiger partial charge in [-0.05, 0) is 85.8 Å². The van der Waals surface area contributed by atoms with Crippen LogP contribution in [0.2, 0.25) is 18.1 Å². The Hall–Kier alpha value is -4.07. The van der Waals surface area contributed by atoms with Gasteiger partial charge in [0.25, 0.3) is 0 Å². The summed E-state index contributed by atoms with van der Waals surface area (Å²) in [5.74, 6) is 0.0616. The number of benzene rings is 5.